The molecule has 0 radical (unpaired) electrons. The fourth-order valence-corrected chi connectivity index (χ4v) is 1.98. The van der Waals surface area contributed by atoms with Gasteiger partial charge in [0, 0.05) is 18.8 Å². The van der Waals surface area contributed by atoms with Gasteiger partial charge < -0.3 is 4.90 Å². The lowest BCUT2D eigenvalue weighted by molar-refractivity contribution is 0.768. The van der Waals surface area contributed by atoms with E-state index in [4.69, 9.17) is 0 Å². The number of rotatable bonds is 2. The third-order valence-corrected chi connectivity index (χ3v) is 2.63. The monoisotopic (exact) mass is 187 g/mol. The summed E-state index contributed by atoms with van der Waals surface area (Å²) in [5, 5.41) is 0. The Morgan fingerprint density at radius 1 is 1.29 bits per heavy atom. The van der Waals surface area contributed by atoms with E-state index in [1.807, 2.05) is 0 Å². The van der Waals surface area contributed by atoms with E-state index in [1.54, 1.807) is 0 Å². The van der Waals surface area contributed by atoms with Crippen molar-refractivity contribution in [2.75, 3.05) is 18.0 Å². The molecular weight excluding hydrogens is 170 g/mol. The van der Waals surface area contributed by atoms with Gasteiger partial charge in [-0.1, -0.05) is 37.3 Å². The van der Waals surface area contributed by atoms with E-state index in [1.165, 1.54) is 24.2 Å². The van der Waals surface area contributed by atoms with Gasteiger partial charge in [0.05, 0.1) is 0 Å². The average molecular weight is 187 g/mol. The van der Waals surface area contributed by atoms with Gasteiger partial charge in [0.15, 0.2) is 0 Å². The summed E-state index contributed by atoms with van der Waals surface area (Å²) in [7, 11) is 0. The van der Waals surface area contributed by atoms with E-state index in [0.717, 1.165) is 13.0 Å². The van der Waals surface area contributed by atoms with Crippen LogP contribution in [-0.2, 0) is 0 Å². The van der Waals surface area contributed by atoms with Crippen molar-refractivity contribution in [1.29, 1.82) is 0 Å². The number of hydrogen-bond acceptors (Lipinski definition) is 1. The van der Waals surface area contributed by atoms with Crippen molar-refractivity contribution in [3.8, 4) is 0 Å². The Morgan fingerprint density at radius 2 is 2.14 bits per heavy atom. The summed E-state index contributed by atoms with van der Waals surface area (Å²) in [6.07, 6.45) is 6.89. The minimum absolute atomic E-state index is 1.15. The summed E-state index contributed by atoms with van der Waals surface area (Å²) in [6, 6.07) is 8.65. The van der Waals surface area contributed by atoms with Gasteiger partial charge in [-0.3, -0.25) is 0 Å². The van der Waals surface area contributed by atoms with Gasteiger partial charge >= 0.3 is 0 Å². The first kappa shape index (κ1) is 9.32. The maximum absolute atomic E-state index is 2.48. The first-order chi connectivity index (χ1) is 6.92. The Morgan fingerprint density at radius 3 is 3.00 bits per heavy atom. The van der Waals surface area contributed by atoms with Crippen molar-refractivity contribution >= 4 is 11.8 Å². The largest absolute Gasteiger partial charge is 0.371 e. The first-order valence-electron chi connectivity index (χ1n) is 5.42. The van der Waals surface area contributed by atoms with E-state index >= 15 is 0 Å². The summed E-state index contributed by atoms with van der Waals surface area (Å²) >= 11 is 0. The smallest absolute Gasteiger partial charge is 0.0439 e. The van der Waals surface area contributed by atoms with Crippen molar-refractivity contribution in [3.63, 3.8) is 0 Å². The lowest BCUT2D eigenvalue weighted by Gasteiger charge is -2.24. The molecule has 0 fully saturated rings. The lowest BCUT2D eigenvalue weighted by Crippen LogP contribution is -2.24. The number of fused-ring (bicyclic) bond motifs is 1. The topological polar surface area (TPSA) is 3.24 Å². The van der Waals surface area contributed by atoms with Crippen LogP contribution in [0.25, 0.3) is 6.08 Å². The van der Waals surface area contributed by atoms with Crippen LogP contribution in [-0.4, -0.2) is 13.1 Å². The second-order valence-electron chi connectivity index (χ2n) is 3.74. The number of hydrogen-bond donors (Lipinski definition) is 0. The normalized spacial score (nSPS) is 15.1. The molecule has 1 nitrogen and oxygen atoms in total. The Kier molecular flexibility index (Phi) is 2.87. The van der Waals surface area contributed by atoms with Crippen LogP contribution in [0.4, 0.5) is 5.69 Å². The second-order valence-corrected chi connectivity index (χ2v) is 3.74. The van der Waals surface area contributed by atoms with Gasteiger partial charge in [0.25, 0.3) is 0 Å². The van der Waals surface area contributed by atoms with Crippen LogP contribution in [0.1, 0.15) is 25.3 Å². The molecule has 0 unspecified atom stereocenters. The molecule has 0 aliphatic carbocycles. The summed E-state index contributed by atoms with van der Waals surface area (Å²) < 4.78 is 0. The summed E-state index contributed by atoms with van der Waals surface area (Å²) in [4.78, 5) is 2.48. The molecule has 0 saturated heterocycles. The fraction of sp³-hybridized carbons (Fsp3) is 0.385. The Balaban J connectivity index is 2.33. The van der Waals surface area contributed by atoms with Gasteiger partial charge in [-0.15, -0.1) is 0 Å². The van der Waals surface area contributed by atoms with Crippen molar-refractivity contribution in [2.45, 2.75) is 19.8 Å². The summed E-state index contributed by atoms with van der Waals surface area (Å²) in [5.74, 6) is 0. The van der Waals surface area contributed by atoms with Crippen LogP contribution in [0.2, 0.25) is 0 Å². The molecule has 1 aromatic carbocycles. The molecule has 0 amide bonds. The van der Waals surface area contributed by atoms with E-state index in [0.29, 0.717) is 0 Å². The molecule has 2 rings (SSSR count). The first-order valence-corrected chi connectivity index (χ1v) is 5.42. The quantitative estimate of drug-likeness (QED) is 0.686. The lowest BCUT2D eigenvalue weighted by atomic mass is 10.1. The number of para-hydroxylation sites is 1. The molecule has 0 aromatic heterocycles. The standard InChI is InChI=1S/C13H17N/c1-2-10-14-11-6-5-8-12-7-3-4-9-13(12)14/h3-5,7-9H,2,6,10-11H2,1H3. The molecule has 0 N–H and O–H groups in total. The molecule has 1 aromatic rings. The zero-order valence-corrected chi connectivity index (χ0v) is 8.74. The maximum Gasteiger partial charge on any atom is 0.0439 e. The SMILES string of the molecule is CCCN1CCC=Cc2ccccc21. The summed E-state index contributed by atoms with van der Waals surface area (Å²) in [6.45, 7) is 4.56. The molecule has 0 spiro atoms. The highest BCUT2D eigenvalue weighted by atomic mass is 15.1. The third-order valence-electron chi connectivity index (χ3n) is 2.63. The van der Waals surface area contributed by atoms with Crippen molar-refractivity contribution in [2.24, 2.45) is 0 Å². The molecule has 0 bridgehead atoms. The highest BCUT2D eigenvalue weighted by molar-refractivity contribution is 5.68. The predicted molar refractivity (Wildman–Crippen MR) is 62.6 cm³/mol. The predicted octanol–water partition coefficient (Wildman–Crippen LogP) is 3.32. The highest BCUT2D eigenvalue weighted by Crippen LogP contribution is 2.24. The second kappa shape index (κ2) is 4.32. The van der Waals surface area contributed by atoms with Crippen molar-refractivity contribution < 1.29 is 0 Å². The van der Waals surface area contributed by atoms with Gasteiger partial charge in [-0.05, 0) is 24.5 Å². The molecule has 1 heteroatoms. The van der Waals surface area contributed by atoms with Crippen LogP contribution in [0.5, 0.6) is 0 Å². The molecule has 14 heavy (non-hydrogen) atoms. The molecule has 0 atom stereocenters. The molecule has 0 saturated carbocycles. The zero-order valence-electron chi connectivity index (χ0n) is 8.74. The van der Waals surface area contributed by atoms with Crippen LogP contribution in [0, 0.1) is 0 Å². The van der Waals surface area contributed by atoms with E-state index in [2.05, 4.69) is 48.2 Å². The third kappa shape index (κ3) is 1.82. The van der Waals surface area contributed by atoms with Crippen LogP contribution >= 0.6 is 0 Å². The van der Waals surface area contributed by atoms with Gasteiger partial charge in [-0.2, -0.15) is 0 Å². The van der Waals surface area contributed by atoms with Crippen molar-refractivity contribution in [3.05, 3.63) is 35.9 Å². The molecule has 1 aliphatic heterocycles. The molecule has 74 valence electrons. The van der Waals surface area contributed by atoms with E-state index < -0.39 is 0 Å². The zero-order chi connectivity index (χ0) is 9.80. The van der Waals surface area contributed by atoms with E-state index in [-0.39, 0.29) is 0 Å². The molecule has 1 aliphatic rings. The Labute approximate surface area is 86.1 Å². The minimum atomic E-state index is 1.15. The van der Waals surface area contributed by atoms with Gasteiger partial charge in [0.1, 0.15) is 0 Å². The van der Waals surface area contributed by atoms with Crippen LogP contribution in [0.15, 0.2) is 30.3 Å². The Hall–Kier alpha value is -1.24. The molecular formula is C13H17N. The van der Waals surface area contributed by atoms with E-state index in [9.17, 15) is 0 Å². The van der Waals surface area contributed by atoms with Crippen LogP contribution in [0.3, 0.4) is 0 Å². The minimum Gasteiger partial charge on any atom is -0.371 e. The van der Waals surface area contributed by atoms with Crippen molar-refractivity contribution in [1.82, 2.24) is 0 Å². The van der Waals surface area contributed by atoms with Gasteiger partial charge in [-0.25, -0.2) is 0 Å². The highest BCUT2D eigenvalue weighted by Gasteiger charge is 2.09. The van der Waals surface area contributed by atoms with Gasteiger partial charge in [0.2, 0.25) is 0 Å². The fourth-order valence-electron chi connectivity index (χ4n) is 1.98. The Bertz CT molecular complexity index is 328. The average Bonchev–Trinajstić information content (AvgIpc) is 2.42. The maximum atomic E-state index is 2.48. The van der Waals surface area contributed by atoms with Crippen LogP contribution < -0.4 is 4.90 Å². The molecule has 1 heterocycles. The summed E-state index contributed by atoms with van der Waals surface area (Å²) in [5.41, 5.74) is 2.75. The number of anilines is 1. The number of nitrogens with zero attached hydrogens (tertiary/aromatic N) is 1. The number of benzene rings is 1.